The van der Waals surface area contributed by atoms with E-state index in [9.17, 15) is 105 Å². The summed E-state index contributed by atoms with van der Waals surface area (Å²) in [6, 6.07) is 11.1. The maximum absolute atomic E-state index is 14.6. The van der Waals surface area contributed by atoms with Gasteiger partial charge in [0.2, 0.25) is 22.8 Å². The molecule has 15 N–H and O–H groups in total. The van der Waals surface area contributed by atoms with Gasteiger partial charge >= 0.3 is 60.3 Å². The number of hydrogen-bond acceptors (Lipinski definition) is 32. The van der Waals surface area contributed by atoms with Gasteiger partial charge in [-0.15, -0.1) is 0 Å². The molecule has 5 aromatic rings. The number of nitrogens with one attached hydrogen (secondary N) is 3. The Morgan fingerprint density at radius 2 is 0.921 bits per heavy atom. The van der Waals surface area contributed by atoms with Gasteiger partial charge in [-0.05, 0) is 128 Å². The Bertz CT molecular complexity index is 4750. The molecule has 0 radical (unpaired) electrons. The van der Waals surface area contributed by atoms with E-state index in [-0.39, 0.29) is 157 Å². The predicted octanol–water partition coefficient (Wildman–Crippen LogP) is 8.81. The molecule has 10 rings (SSSR count). The molecule has 6 atom stereocenters. The Morgan fingerprint density at radius 1 is 0.563 bits per heavy atom. The number of aliphatic hydroxyl groups is 1. The van der Waals surface area contributed by atoms with E-state index in [4.69, 9.17) is 55.0 Å². The summed E-state index contributed by atoms with van der Waals surface area (Å²) in [4.78, 5) is 161. The zero-order chi connectivity index (χ0) is 93.4. The van der Waals surface area contributed by atoms with Crippen LogP contribution in [0, 0.1) is 49.3 Å². The molecule has 5 aromatic carbocycles. The Labute approximate surface area is 762 Å². The fraction of sp³-hybridized carbons (Fsp3) is 0.411. The molecule has 5 heterocycles. The number of aliphatic carboxylic acids is 1. The molecule has 0 spiro atoms. The molecule has 0 aromatic heterocycles. The van der Waals surface area contributed by atoms with Crippen LogP contribution in [0.15, 0.2) is 78.6 Å². The van der Waals surface area contributed by atoms with Crippen LogP contribution in [0.2, 0.25) is 0 Å². The summed E-state index contributed by atoms with van der Waals surface area (Å²) in [6.45, 7) is 8.78. The van der Waals surface area contributed by atoms with Crippen LogP contribution in [0.25, 0.3) is 0 Å². The van der Waals surface area contributed by atoms with E-state index in [0.29, 0.717) is 29.5 Å². The number of esters is 6. The van der Waals surface area contributed by atoms with E-state index < -0.39 is 176 Å². The topological polar surface area (TPSA) is 634 Å². The minimum Gasteiger partial charge on any atom is -0.502 e. The van der Waals surface area contributed by atoms with Crippen molar-refractivity contribution < 1.29 is 189 Å². The summed E-state index contributed by atoms with van der Waals surface area (Å²) in [5, 5.41) is 54.8. The average Bonchev–Trinajstić information content (AvgIpc) is 1.60. The number of primary amides is 2. The molecule has 5 aliphatic rings. The van der Waals surface area contributed by atoms with Crippen molar-refractivity contribution in [1.82, 2.24) is 6.15 Å². The van der Waals surface area contributed by atoms with Crippen LogP contribution < -0.4 is 58.0 Å². The number of ether oxygens (including phenoxy) is 10. The van der Waals surface area contributed by atoms with Crippen LogP contribution in [0.4, 0.5) is 50.4 Å². The Hall–Kier alpha value is -10.5. The van der Waals surface area contributed by atoms with Crippen molar-refractivity contribution in [3.8, 4) is 28.7 Å². The number of hydrogen-bond donors (Lipinski definition) is 9. The Balaban J connectivity index is 0.00000146. The quantitative estimate of drug-likeness (QED) is 0.00560. The third kappa shape index (κ3) is 37.2. The van der Waals surface area contributed by atoms with Crippen LogP contribution in [0.3, 0.4) is 0 Å². The minimum atomic E-state index is -1.32. The van der Waals surface area contributed by atoms with Crippen LogP contribution in [0.1, 0.15) is 112 Å². The minimum absolute atomic E-state index is 0. The number of nitro groups is 2. The fourth-order valence-corrected chi connectivity index (χ4v) is 11.0. The largest absolute Gasteiger partial charge is 0.502 e. The summed E-state index contributed by atoms with van der Waals surface area (Å²) in [5.41, 5.74) is 9.11. The zero-order valence-corrected chi connectivity index (χ0v) is 76.1. The van der Waals surface area contributed by atoms with E-state index >= 15 is 0 Å². The number of nitrogens with two attached hydrogens (primary N) is 2. The van der Waals surface area contributed by atoms with Gasteiger partial charge in [0.05, 0.1) is 91.6 Å². The van der Waals surface area contributed by atoms with E-state index in [1.54, 1.807) is 0 Å². The van der Waals surface area contributed by atoms with Crippen molar-refractivity contribution in [3.63, 3.8) is 0 Å². The SMILES string of the molecule is CC(=O)Cl.CC1(C)OB(c2cc3c(cc2F)O[C@H](CCC(N)=O)C(=O)N3)OC1(C)C.COC(=O)CC[C@@H](O)C(=O)OC.COC(=O)CC[C@H](Oc1cc(F)c(Br)cc1[N+](=O)[O-])C(=O)OC.COC(=O)CC[C@H]1Oc2cc(F)c(Br)cc2NC1=O.N.NC(=O)CC[C@H]1Oc2cc(F)c(Br)cc2NC1=O.O.O=C1CC[C@H](C(=O)O)O1.O=[N+]([O-])c1cc(Br)c(F)cc1O.[Fe]. The first kappa shape index (κ1) is 115. The molecule has 53 heteroatoms. The molecule has 2 fully saturated rings. The van der Waals surface area contributed by atoms with Gasteiger partial charge < -0.3 is 111 Å². The van der Waals surface area contributed by atoms with Crippen molar-refractivity contribution in [3.05, 3.63) is 128 Å². The van der Waals surface area contributed by atoms with Crippen LogP contribution >= 0.6 is 75.3 Å². The number of carbonyl (C=O) groups excluding carboxylic acids is 12. The van der Waals surface area contributed by atoms with E-state index in [1.807, 2.05) is 27.7 Å². The number of anilines is 3. The van der Waals surface area contributed by atoms with Crippen molar-refractivity contribution in [2.75, 3.05) is 51.5 Å². The van der Waals surface area contributed by atoms with E-state index in [2.05, 4.69) is 120 Å². The molecule has 5 aliphatic heterocycles. The van der Waals surface area contributed by atoms with Crippen molar-refractivity contribution in [2.24, 2.45) is 11.5 Å². The number of phenols is 1. The summed E-state index contributed by atoms with van der Waals surface area (Å²) in [5.74, 6) is -10.3. The number of fused-ring (bicyclic) bond motifs is 3. The van der Waals surface area contributed by atoms with Gasteiger partial charge in [0.15, 0.2) is 42.4 Å². The van der Waals surface area contributed by atoms with Gasteiger partial charge in [-0.1, -0.05) is 0 Å². The van der Waals surface area contributed by atoms with Gasteiger partial charge in [-0.3, -0.25) is 68.2 Å². The van der Waals surface area contributed by atoms with E-state index in [0.717, 1.165) is 25.3 Å². The van der Waals surface area contributed by atoms with Crippen molar-refractivity contribution >= 4 is 193 Å². The number of methoxy groups -OCH3 is 5. The van der Waals surface area contributed by atoms with Gasteiger partial charge in [0, 0.05) is 143 Å². The Morgan fingerprint density at radius 3 is 1.29 bits per heavy atom. The summed E-state index contributed by atoms with van der Waals surface area (Å²) in [7, 11) is 5.05. The number of nitrogens with zero attached hydrogens (tertiary/aromatic N) is 2. The normalized spacial score (nSPS) is 16.1. The molecule has 0 unspecified atom stereocenters. The monoisotopic (exact) mass is 2110 g/mol. The third-order valence-corrected chi connectivity index (χ3v) is 19.2. The van der Waals surface area contributed by atoms with Crippen LogP contribution in [0.5, 0.6) is 28.7 Å². The number of aromatic hydroxyl groups is 1. The fourth-order valence-electron chi connectivity index (χ4n) is 9.69. The molecular formula is C73H85BBr4ClF5FeN8O33. The summed E-state index contributed by atoms with van der Waals surface area (Å²) in [6.07, 6.45) is -5.18. The Kier molecular flexibility index (Phi) is 49.9. The second kappa shape index (κ2) is 54.5. The molecule has 696 valence electrons. The third-order valence-electron chi connectivity index (χ3n) is 16.7. The van der Waals surface area contributed by atoms with Gasteiger partial charge in [0.1, 0.15) is 46.3 Å². The molecule has 126 heavy (non-hydrogen) atoms. The average molecular weight is 2120 g/mol. The second-order valence-corrected chi connectivity index (χ2v) is 30.1. The molecule has 0 saturated carbocycles. The summed E-state index contributed by atoms with van der Waals surface area (Å²) < 4.78 is 127. The molecule has 0 aliphatic carbocycles. The first-order valence-corrected chi connectivity index (χ1v) is 38.8. The first-order valence-electron chi connectivity index (χ1n) is 35.3. The number of nitro benzene ring substituents is 2. The maximum atomic E-state index is 14.6. The number of aliphatic hydroxyl groups excluding tert-OH is 1. The second-order valence-electron chi connectivity index (χ2n) is 26.1. The number of amides is 5. The number of carbonyl (C=O) groups is 13. The first-order chi connectivity index (χ1) is 57.3. The molecule has 5 amide bonds. The molecular weight excluding hydrogens is 2030 g/mol. The van der Waals surface area contributed by atoms with Gasteiger partial charge in [-0.2, -0.15) is 0 Å². The molecule has 2 saturated heterocycles. The standard InChI is InChI=1S/C17H22BFN2O5.C13H13BrFNO7.C12H11BrFNO4.C11H10BrFN2O3.C7H12O5.C6H3BrFNO3.C5H6O4.C2H3ClO.Fe.H3N.H2O/c1-16(2)17(3,4)26-18(25-16)9-7-11-13(8-10(9)19)24-12(15(23)21-11)5-6-14(20)22;1-21-12(17)4-3-10(13(18)22-2)23-11-6-8(15)7(14)5-9(11)16(19)20;1-18-11(16)3-2-9-12(17)15-8-4-6(13)7(14)5-10(8)19-9;12-5-3-7-9(4-6(5)13)18-8(11(17)15-7)1-2-10(14)16;1-11-6(9)4-3-5(8)7(10)12-2;7-3-1-5(9(11)12)6(10)2-4(3)8;6-4-2-1-3(9-4)5(7)8;1-2(3)4;;;/h7-8,12H,5-6H2,1-4H3,(H2,20,22)(H,21,23);5-6,10H,3-4H2,1-2H3;4-5,9H,2-3H2,1H3,(H,15,17);3-4,8H,1-2H2,(H2,14,16)(H,15,17);5,8H,3-4H2,1-2H3;1-2,10H;3H,1-2H2,(H,7,8);1H3;;1H3;1H2/t12-;10-;9-;8-;5-;;3-;;;;/m10111.1..../s1. The molecule has 41 nitrogen and oxygen atoms in total. The number of rotatable bonds is 23. The number of phenolic OH excluding ortho intramolecular Hbond substituents is 1. The molecule has 0 bridgehead atoms. The van der Waals surface area contributed by atoms with Gasteiger partial charge in [0.25, 0.3) is 17.7 Å². The number of benzene rings is 5. The maximum Gasteiger partial charge on any atom is 0.497 e. The number of cyclic esters (lactones) is 1. The van der Waals surface area contributed by atoms with Gasteiger partial charge in [-0.25, -0.2) is 36.3 Å². The zero-order valence-electron chi connectivity index (χ0n) is 67.9. The van der Waals surface area contributed by atoms with E-state index in [1.165, 1.54) is 71.8 Å². The summed E-state index contributed by atoms with van der Waals surface area (Å²) >= 11 is 16.3. The van der Waals surface area contributed by atoms with Crippen molar-refractivity contribution in [1.29, 1.82) is 0 Å². The number of halogens is 10. The van der Waals surface area contributed by atoms with Crippen LogP contribution in [-0.2, 0) is 117 Å². The smallest absolute Gasteiger partial charge is 0.497 e. The predicted molar refractivity (Wildman–Crippen MR) is 440 cm³/mol. The number of carboxylic acids is 1. The number of carboxylic acid groups (broad SMARTS) is 1. The van der Waals surface area contributed by atoms with Crippen molar-refractivity contribution in [2.45, 2.75) is 159 Å². The van der Waals surface area contributed by atoms with Crippen LogP contribution in [-0.4, -0.2) is 198 Å².